The molecule has 0 atom stereocenters. The van der Waals surface area contributed by atoms with Crippen LogP contribution in [0.25, 0.3) is 0 Å². The molecule has 1 aromatic heterocycles. The summed E-state index contributed by atoms with van der Waals surface area (Å²) in [4.78, 5) is 4.06. The number of methoxy groups -OCH3 is 1. The molecule has 4 nitrogen and oxygen atoms in total. The van der Waals surface area contributed by atoms with Gasteiger partial charge in [-0.2, -0.15) is 0 Å². The van der Waals surface area contributed by atoms with Gasteiger partial charge in [0.05, 0.1) is 12.7 Å². The Balaban J connectivity index is 2.08. The van der Waals surface area contributed by atoms with E-state index >= 15 is 0 Å². The highest BCUT2D eigenvalue weighted by molar-refractivity contribution is 5.30. The van der Waals surface area contributed by atoms with E-state index < -0.39 is 0 Å². The Labute approximate surface area is 111 Å². The van der Waals surface area contributed by atoms with Crippen LogP contribution in [0.3, 0.4) is 0 Å². The number of nitrogens with zero attached hydrogens (tertiary/aromatic N) is 1. The zero-order chi connectivity index (χ0) is 13.7. The SMILES string of the molecule is COc1ncccc1COc1ccc(CN)c(F)c1. The summed E-state index contributed by atoms with van der Waals surface area (Å²) in [5.41, 5.74) is 6.66. The van der Waals surface area contributed by atoms with Crippen molar-refractivity contribution in [3.63, 3.8) is 0 Å². The first-order valence-corrected chi connectivity index (χ1v) is 5.83. The van der Waals surface area contributed by atoms with Gasteiger partial charge in [-0.1, -0.05) is 6.07 Å². The Kier molecular flexibility index (Phi) is 4.30. The van der Waals surface area contributed by atoms with Crippen molar-refractivity contribution in [2.45, 2.75) is 13.2 Å². The summed E-state index contributed by atoms with van der Waals surface area (Å²) >= 11 is 0. The molecule has 0 unspecified atom stereocenters. The lowest BCUT2D eigenvalue weighted by Gasteiger charge is -2.10. The second-order valence-corrected chi connectivity index (χ2v) is 3.92. The van der Waals surface area contributed by atoms with Gasteiger partial charge in [0.15, 0.2) is 0 Å². The van der Waals surface area contributed by atoms with Crippen LogP contribution in [0, 0.1) is 5.82 Å². The van der Waals surface area contributed by atoms with Gasteiger partial charge in [0.25, 0.3) is 0 Å². The molecule has 19 heavy (non-hydrogen) atoms. The van der Waals surface area contributed by atoms with Crippen LogP contribution in [-0.2, 0) is 13.2 Å². The summed E-state index contributed by atoms with van der Waals surface area (Å²) in [5, 5.41) is 0. The van der Waals surface area contributed by atoms with Crippen molar-refractivity contribution in [3.8, 4) is 11.6 Å². The molecule has 100 valence electrons. The number of aromatic nitrogens is 1. The topological polar surface area (TPSA) is 57.4 Å². The van der Waals surface area contributed by atoms with E-state index in [4.69, 9.17) is 15.2 Å². The minimum absolute atomic E-state index is 0.169. The monoisotopic (exact) mass is 262 g/mol. The fraction of sp³-hybridized carbons (Fsp3) is 0.214. The third-order valence-corrected chi connectivity index (χ3v) is 2.68. The Hall–Kier alpha value is -2.14. The number of rotatable bonds is 5. The normalized spacial score (nSPS) is 10.3. The van der Waals surface area contributed by atoms with E-state index in [1.54, 1.807) is 31.5 Å². The smallest absolute Gasteiger partial charge is 0.219 e. The number of nitrogens with two attached hydrogens (primary N) is 1. The summed E-state index contributed by atoms with van der Waals surface area (Å²) in [7, 11) is 1.54. The molecule has 0 aliphatic rings. The van der Waals surface area contributed by atoms with Crippen LogP contribution in [0.1, 0.15) is 11.1 Å². The fourth-order valence-corrected chi connectivity index (χ4v) is 1.66. The quantitative estimate of drug-likeness (QED) is 0.898. The van der Waals surface area contributed by atoms with E-state index in [0.29, 0.717) is 17.2 Å². The summed E-state index contributed by atoms with van der Waals surface area (Å²) in [5.74, 6) is 0.584. The molecule has 2 rings (SSSR count). The first kappa shape index (κ1) is 13.3. The predicted molar refractivity (Wildman–Crippen MR) is 69.4 cm³/mol. The summed E-state index contributed by atoms with van der Waals surface area (Å²) in [6.45, 7) is 0.432. The fourth-order valence-electron chi connectivity index (χ4n) is 1.66. The third kappa shape index (κ3) is 3.20. The molecule has 0 bridgehead atoms. The molecule has 0 aliphatic carbocycles. The summed E-state index contributed by atoms with van der Waals surface area (Å²) < 4.78 is 24.2. The molecular formula is C14H15FN2O2. The largest absolute Gasteiger partial charge is 0.489 e. The van der Waals surface area contributed by atoms with E-state index in [1.807, 2.05) is 6.07 Å². The lowest BCUT2D eigenvalue weighted by atomic mass is 10.2. The Morgan fingerprint density at radius 3 is 2.79 bits per heavy atom. The van der Waals surface area contributed by atoms with E-state index in [2.05, 4.69) is 4.98 Å². The molecule has 1 aromatic carbocycles. The van der Waals surface area contributed by atoms with E-state index in [1.165, 1.54) is 6.07 Å². The Morgan fingerprint density at radius 2 is 2.11 bits per heavy atom. The van der Waals surface area contributed by atoms with Gasteiger partial charge in [-0.15, -0.1) is 0 Å². The number of hydrogen-bond acceptors (Lipinski definition) is 4. The molecule has 0 amide bonds. The summed E-state index contributed by atoms with van der Waals surface area (Å²) in [6.07, 6.45) is 1.64. The third-order valence-electron chi connectivity index (χ3n) is 2.68. The number of pyridine rings is 1. The standard InChI is InChI=1S/C14H15FN2O2/c1-18-14-11(3-2-6-17-14)9-19-12-5-4-10(8-16)13(15)7-12/h2-7H,8-9,16H2,1H3. The van der Waals surface area contributed by atoms with E-state index in [-0.39, 0.29) is 19.0 Å². The number of halogens is 1. The van der Waals surface area contributed by atoms with Crippen LogP contribution in [-0.4, -0.2) is 12.1 Å². The van der Waals surface area contributed by atoms with Gasteiger partial charge < -0.3 is 15.2 Å². The Bertz CT molecular complexity index is 561. The second kappa shape index (κ2) is 6.15. The highest BCUT2D eigenvalue weighted by atomic mass is 19.1. The molecule has 2 N–H and O–H groups in total. The zero-order valence-corrected chi connectivity index (χ0v) is 10.6. The van der Waals surface area contributed by atoms with Crippen LogP contribution in [0.2, 0.25) is 0 Å². The summed E-state index contributed by atoms with van der Waals surface area (Å²) in [6, 6.07) is 8.26. The molecule has 0 saturated heterocycles. The lowest BCUT2D eigenvalue weighted by Crippen LogP contribution is -2.02. The van der Waals surface area contributed by atoms with Crippen molar-refractivity contribution in [2.75, 3.05) is 7.11 Å². The van der Waals surface area contributed by atoms with Crippen molar-refractivity contribution in [3.05, 3.63) is 53.5 Å². The molecule has 0 saturated carbocycles. The van der Waals surface area contributed by atoms with Crippen molar-refractivity contribution < 1.29 is 13.9 Å². The average Bonchev–Trinajstić information content (AvgIpc) is 2.45. The molecule has 2 aromatic rings. The van der Waals surface area contributed by atoms with Crippen molar-refractivity contribution in [2.24, 2.45) is 5.73 Å². The van der Waals surface area contributed by atoms with Crippen molar-refractivity contribution >= 4 is 0 Å². The first-order chi connectivity index (χ1) is 9.24. The minimum atomic E-state index is -0.363. The predicted octanol–water partition coefficient (Wildman–Crippen LogP) is 2.27. The van der Waals surface area contributed by atoms with Crippen LogP contribution < -0.4 is 15.2 Å². The highest BCUT2D eigenvalue weighted by Gasteiger charge is 2.06. The number of benzene rings is 1. The number of ether oxygens (including phenoxy) is 2. The molecule has 5 heteroatoms. The molecule has 0 spiro atoms. The van der Waals surface area contributed by atoms with Crippen LogP contribution in [0.4, 0.5) is 4.39 Å². The van der Waals surface area contributed by atoms with Crippen LogP contribution >= 0.6 is 0 Å². The minimum Gasteiger partial charge on any atom is -0.489 e. The van der Waals surface area contributed by atoms with Crippen LogP contribution in [0.5, 0.6) is 11.6 Å². The maximum Gasteiger partial charge on any atom is 0.219 e. The van der Waals surface area contributed by atoms with Gasteiger partial charge in [-0.25, -0.2) is 9.37 Å². The highest BCUT2D eigenvalue weighted by Crippen LogP contribution is 2.20. The number of hydrogen-bond donors (Lipinski definition) is 1. The van der Waals surface area contributed by atoms with E-state index in [0.717, 1.165) is 5.56 Å². The van der Waals surface area contributed by atoms with Gasteiger partial charge in [0.1, 0.15) is 18.2 Å². The van der Waals surface area contributed by atoms with Crippen molar-refractivity contribution in [1.29, 1.82) is 0 Å². The molecule has 1 heterocycles. The lowest BCUT2D eigenvalue weighted by molar-refractivity contribution is 0.292. The van der Waals surface area contributed by atoms with Gasteiger partial charge in [-0.3, -0.25) is 0 Å². The van der Waals surface area contributed by atoms with Gasteiger partial charge in [0.2, 0.25) is 5.88 Å². The zero-order valence-electron chi connectivity index (χ0n) is 10.6. The van der Waals surface area contributed by atoms with Crippen molar-refractivity contribution in [1.82, 2.24) is 4.98 Å². The first-order valence-electron chi connectivity index (χ1n) is 5.83. The van der Waals surface area contributed by atoms with Gasteiger partial charge in [-0.05, 0) is 18.2 Å². The maximum absolute atomic E-state index is 13.5. The molecule has 0 radical (unpaired) electrons. The Morgan fingerprint density at radius 1 is 1.26 bits per heavy atom. The average molecular weight is 262 g/mol. The molecular weight excluding hydrogens is 247 g/mol. The molecule has 0 fully saturated rings. The van der Waals surface area contributed by atoms with Crippen LogP contribution in [0.15, 0.2) is 36.5 Å². The molecule has 0 aliphatic heterocycles. The maximum atomic E-state index is 13.5. The van der Waals surface area contributed by atoms with E-state index in [9.17, 15) is 4.39 Å². The second-order valence-electron chi connectivity index (χ2n) is 3.92. The van der Waals surface area contributed by atoms with Gasteiger partial charge >= 0.3 is 0 Å². The van der Waals surface area contributed by atoms with Gasteiger partial charge in [0, 0.05) is 24.4 Å².